The fourth-order valence-corrected chi connectivity index (χ4v) is 4.34. The van der Waals surface area contributed by atoms with E-state index in [9.17, 15) is 9.18 Å². The number of hydrogen-bond donors (Lipinski definition) is 2. The van der Waals surface area contributed by atoms with Gasteiger partial charge in [-0.15, -0.1) is 11.3 Å². The van der Waals surface area contributed by atoms with Gasteiger partial charge in [-0.1, -0.05) is 30.3 Å². The monoisotopic (exact) mass is 422 g/mol. The van der Waals surface area contributed by atoms with Crippen LogP contribution in [0.1, 0.15) is 27.3 Å². The number of thiophene rings is 1. The van der Waals surface area contributed by atoms with E-state index in [1.54, 1.807) is 12.1 Å². The maximum Gasteiger partial charge on any atom is 0.261 e. The number of anilines is 1. The number of amides is 1. The molecule has 2 N–H and O–H groups in total. The second kappa shape index (κ2) is 9.09. The van der Waals surface area contributed by atoms with Gasteiger partial charge in [-0.25, -0.2) is 4.39 Å². The first kappa shape index (κ1) is 20.1. The summed E-state index contributed by atoms with van der Waals surface area (Å²) < 4.78 is 15.0. The van der Waals surface area contributed by atoms with Gasteiger partial charge in [-0.3, -0.25) is 9.48 Å². The van der Waals surface area contributed by atoms with Gasteiger partial charge in [0.2, 0.25) is 0 Å². The van der Waals surface area contributed by atoms with Gasteiger partial charge in [0.15, 0.2) is 0 Å². The van der Waals surface area contributed by atoms with Crippen LogP contribution in [0.25, 0.3) is 10.2 Å². The zero-order valence-corrected chi connectivity index (χ0v) is 17.5. The molecule has 30 heavy (non-hydrogen) atoms. The zero-order valence-electron chi connectivity index (χ0n) is 16.7. The number of hydrogen-bond acceptors (Lipinski definition) is 4. The molecule has 5 nitrogen and oxygen atoms in total. The predicted molar refractivity (Wildman–Crippen MR) is 120 cm³/mol. The lowest BCUT2D eigenvalue weighted by atomic mass is 10.2. The summed E-state index contributed by atoms with van der Waals surface area (Å²) in [6.45, 7) is 3.88. The number of carbonyl (C=O) groups excluding carboxylic acids is 1. The first-order valence-corrected chi connectivity index (χ1v) is 10.7. The number of nitrogens with zero attached hydrogens (tertiary/aromatic N) is 2. The first-order valence-electron chi connectivity index (χ1n) is 9.88. The van der Waals surface area contributed by atoms with Gasteiger partial charge >= 0.3 is 0 Å². The molecule has 1 amide bonds. The highest BCUT2D eigenvalue weighted by atomic mass is 32.1. The average molecular weight is 423 g/mol. The lowest BCUT2D eigenvalue weighted by Gasteiger charge is -2.07. The highest BCUT2D eigenvalue weighted by Gasteiger charge is 2.16. The topological polar surface area (TPSA) is 59.0 Å². The smallest absolute Gasteiger partial charge is 0.261 e. The molecule has 0 aliphatic rings. The quantitative estimate of drug-likeness (QED) is 0.400. The van der Waals surface area contributed by atoms with Crippen LogP contribution in [0.15, 0.2) is 60.7 Å². The minimum absolute atomic E-state index is 0.0661. The number of aryl methyl sites for hydroxylation is 1. The summed E-state index contributed by atoms with van der Waals surface area (Å²) in [5.41, 5.74) is 2.93. The van der Waals surface area contributed by atoms with E-state index in [4.69, 9.17) is 0 Å². The number of halogens is 1. The van der Waals surface area contributed by atoms with Crippen molar-refractivity contribution in [1.82, 2.24) is 15.1 Å². The van der Waals surface area contributed by atoms with Gasteiger partial charge in [0.1, 0.15) is 10.6 Å². The summed E-state index contributed by atoms with van der Waals surface area (Å²) in [5.74, 6) is -0.321. The van der Waals surface area contributed by atoms with Crippen molar-refractivity contribution in [1.29, 1.82) is 0 Å². The van der Waals surface area contributed by atoms with Gasteiger partial charge in [0.05, 0.1) is 17.1 Å². The fraction of sp³-hybridized carbons (Fsp3) is 0.217. The lowest BCUT2D eigenvalue weighted by molar-refractivity contribution is 0.0957. The van der Waals surface area contributed by atoms with Crippen LogP contribution in [0.3, 0.4) is 0 Å². The van der Waals surface area contributed by atoms with Crippen LogP contribution >= 0.6 is 11.3 Å². The van der Waals surface area contributed by atoms with Crippen LogP contribution in [0.4, 0.5) is 10.1 Å². The summed E-state index contributed by atoms with van der Waals surface area (Å²) in [4.78, 5) is 14.2. The van der Waals surface area contributed by atoms with E-state index < -0.39 is 0 Å². The van der Waals surface area contributed by atoms with E-state index in [0.717, 1.165) is 40.1 Å². The standard InChI is InChI=1S/C23H23FN4OS/c1-16-20-14-21(22(29)26-13-5-12-25-19-6-3-2-4-7-19)30-23(20)28(27-16)15-17-8-10-18(24)11-9-17/h2-4,6-11,14,25H,5,12-13,15H2,1H3,(H,26,29). The minimum atomic E-state index is -0.255. The summed E-state index contributed by atoms with van der Waals surface area (Å²) in [5, 5.41) is 11.9. The Morgan fingerprint density at radius 1 is 1.10 bits per heavy atom. The summed E-state index contributed by atoms with van der Waals surface area (Å²) in [6, 6.07) is 18.3. The van der Waals surface area contributed by atoms with E-state index in [1.165, 1.54) is 23.5 Å². The molecule has 2 heterocycles. The molecule has 0 spiro atoms. The van der Waals surface area contributed by atoms with E-state index in [-0.39, 0.29) is 11.7 Å². The second-order valence-corrected chi connectivity index (χ2v) is 8.13. The molecule has 0 saturated heterocycles. The number of aromatic nitrogens is 2. The van der Waals surface area contributed by atoms with Crippen molar-refractivity contribution in [3.8, 4) is 0 Å². The number of benzene rings is 2. The van der Waals surface area contributed by atoms with E-state index in [0.29, 0.717) is 18.0 Å². The van der Waals surface area contributed by atoms with E-state index in [2.05, 4.69) is 15.7 Å². The van der Waals surface area contributed by atoms with Crippen LogP contribution in [0.5, 0.6) is 0 Å². The van der Waals surface area contributed by atoms with Crippen molar-refractivity contribution in [2.45, 2.75) is 19.9 Å². The van der Waals surface area contributed by atoms with Crippen LogP contribution in [-0.2, 0) is 6.54 Å². The Morgan fingerprint density at radius 3 is 2.63 bits per heavy atom. The van der Waals surface area contributed by atoms with Crippen molar-refractivity contribution in [3.63, 3.8) is 0 Å². The Morgan fingerprint density at radius 2 is 1.87 bits per heavy atom. The Kier molecular flexibility index (Phi) is 6.09. The second-order valence-electron chi connectivity index (χ2n) is 7.10. The molecule has 0 unspecified atom stereocenters. The largest absolute Gasteiger partial charge is 0.385 e. The third-order valence-electron chi connectivity index (χ3n) is 4.82. The molecule has 0 aliphatic heterocycles. The van der Waals surface area contributed by atoms with Crippen molar-refractivity contribution >= 4 is 33.1 Å². The van der Waals surface area contributed by atoms with Gasteiger partial charge < -0.3 is 10.6 Å². The number of nitrogens with one attached hydrogen (secondary N) is 2. The highest BCUT2D eigenvalue weighted by Crippen LogP contribution is 2.29. The molecule has 2 aromatic heterocycles. The van der Waals surface area contributed by atoms with E-state index >= 15 is 0 Å². The molecule has 0 atom stereocenters. The SMILES string of the molecule is Cc1nn(Cc2ccc(F)cc2)c2sc(C(=O)NCCCNc3ccccc3)cc12. The van der Waals surface area contributed by atoms with Gasteiger partial charge in [-0.2, -0.15) is 5.10 Å². The Hall–Kier alpha value is -3.19. The minimum Gasteiger partial charge on any atom is -0.385 e. The summed E-state index contributed by atoms with van der Waals surface area (Å²) in [7, 11) is 0. The predicted octanol–water partition coefficient (Wildman–Crippen LogP) is 4.83. The zero-order chi connectivity index (χ0) is 20.9. The normalized spacial score (nSPS) is 11.0. The molecule has 0 aliphatic carbocycles. The molecular weight excluding hydrogens is 399 g/mol. The number of rotatable bonds is 8. The Balaban J connectivity index is 1.35. The molecule has 4 aromatic rings. The molecule has 7 heteroatoms. The Bertz CT molecular complexity index is 1140. The molecule has 2 aromatic carbocycles. The van der Waals surface area contributed by atoms with Crippen LogP contribution in [0, 0.1) is 12.7 Å². The van der Waals surface area contributed by atoms with E-state index in [1.807, 2.05) is 48.0 Å². The number of carbonyl (C=O) groups is 1. The van der Waals surface area contributed by atoms with Gasteiger partial charge in [-0.05, 0) is 49.2 Å². The van der Waals surface area contributed by atoms with Crippen LogP contribution < -0.4 is 10.6 Å². The highest BCUT2D eigenvalue weighted by molar-refractivity contribution is 7.20. The fourth-order valence-electron chi connectivity index (χ4n) is 3.26. The van der Waals surface area contributed by atoms with Gasteiger partial charge in [0, 0.05) is 24.2 Å². The molecule has 0 fully saturated rings. The van der Waals surface area contributed by atoms with Crippen molar-refractivity contribution in [3.05, 3.63) is 82.6 Å². The molecule has 154 valence electrons. The Labute approximate surface area is 178 Å². The first-order chi connectivity index (χ1) is 14.6. The van der Waals surface area contributed by atoms with Crippen molar-refractivity contribution < 1.29 is 9.18 Å². The average Bonchev–Trinajstić information content (AvgIpc) is 3.31. The maximum atomic E-state index is 13.1. The third kappa shape index (κ3) is 4.68. The third-order valence-corrected chi connectivity index (χ3v) is 5.97. The van der Waals surface area contributed by atoms with Crippen LogP contribution in [-0.4, -0.2) is 28.8 Å². The van der Waals surface area contributed by atoms with Crippen molar-refractivity contribution in [2.24, 2.45) is 0 Å². The number of para-hydroxylation sites is 1. The summed E-state index contributed by atoms with van der Waals surface area (Å²) >= 11 is 1.43. The van der Waals surface area contributed by atoms with Gasteiger partial charge in [0.25, 0.3) is 5.91 Å². The number of fused-ring (bicyclic) bond motifs is 1. The van der Waals surface area contributed by atoms with Crippen LogP contribution in [0.2, 0.25) is 0 Å². The lowest BCUT2D eigenvalue weighted by Crippen LogP contribution is -2.25. The molecular formula is C23H23FN4OS. The molecule has 0 radical (unpaired) electrons. The molecule has 0 saturated carbocycles. The van der Waals surface area contributed by atoms with Crippen molar-refractivity contribution in [2.75, 3.05) is 18.4 Å². The maximum absolute atomic E-state index is 13.1. The molecule has 0 bridgehead atoms. The summed E-state index contributed by atoms with van der Waals surface area (Å²) in [6.07, 6.45) is 0.836. The molecule has 4 rings (SSSR count).